The zero-order valence-electron chi connectivity index (χ0n) is 15.2. The van der Waals surface area contributed by atoms with Gasteiger partial charge in [-0.25, -0.2) is 4.57 Å². The summed E-state index contributed by atoms with van der Waals surface area (Å²) in [6.45, 7) is 2.11. The highest BCUT2D eigenvalue weighted by Gasteiger charge is 2.21. The van der Waals surface area contributed by atoms with Crippen molar-refractivity contribution in [2.45, 2.75) is 6.92 Å². The van der Waals surface area contributed by atoms with Gasteiger partial charge in [-0.05, 0) is 42.1 Å². The number of pyridine rings is 1. The molecule has 0 atom stereocenters. The average molecular weight is 349 g/mol. The minimum atomic E-state index is 0.642. The molecule has 0 radical (unpaired) electrons. The number of nitriles is 1. The SMILES string of the molecule is Cc1ccc2c(oc3ccc(C#N)cc32)c1-c1cc2ccccc2c[n+]1C. The molecule has 3 heteroatoms. The van der Waals surface area contributed by atoms with Crippen LogP contribution in [0.4, 0.5) is 0 Å². The zero-order chi connectivity index (χ0) is 18.5. The Balaban J connectivity index is 1.89. The van der Waals surface area contributed by atoms with Crippen molar-refractivity contribution >= 4 is 32.7 Å². The van der Waals surface area contributed by atoms with Crippen molar-refractivity contribution in [2.75, 3.05) is 0 Å². The normalized spacial score (nSPS) is 11.3. The Bertz CT molecular complexity index is 1400. The quantitative estimate of drug-likeness (QED) is 0.380. The van der Waals surface area contributed by atoms with Crippen LogP contribution in [0.15, 0.2) is 71.3 Å². The number of hydrogen-bond donors (Lipinski definition) is 0. The second-order valence-corrected chi connectivity index (χ2v) is 6.96. The van der Waals surface area contributed by atoms with Crippen LogP contribution < -0.4 is 4.57 Å². The van der Waals surface area contributed by atoms with Gasteiger partial charge >= 0.3 is 0 Å². The van der Waals surface area contributed by atoms with Gasteiger partial charge in [0, 0.05) is 22.2 Å². The summed E-state index contributed by atoms with van der Waals surface area (Å²) in [5.74, 6) is 0. The number of aromatic nitrogens is 1. The summed E-state index contributed by atoms with van der Waals surface area (Å²) in [4.78, 5) is 0. The molecule has 0 N–H and O–H groups in total. The van der Waals surface area contributed by atoms with Crippen molar-refractivity contribution in [3.8, 4) is 17.3 Å². The third-order valence-corrected chi connectivity index (χ3v) is 5.23. The molecule has 5 aromatic rings. The van der Waals surface area contributed by atoms with E-state index in [4.69, 9.17) is 4.42 Å². The first-order chi connectivity index (χ1) is 13.2. The lowest BCUT2D eigenvalue weighted by atomic mass is 9.99. The molecule has 0 unspecified atom stereocenters. The maximum Gasteiger partial charge on any atom is 0.216 e. The summed E-state index contributed by atoms with van der Waals surface area (Å²) in [5, 5.41) is 13.7. The van der Waals surface area contributed by atoms with E-state index in [9.17, 15) is 5.26 Å². The molecule has 0 aliphatic rings. The van der Waals surface area contributed by atoms with Crippen LogP contribution in [0.3, 0.4) is 0 Å². The standard InChI is InChI=1S/C24H17N2O/c1-15-7-9-19-20-11-16(13-25)8-10-22(20)27-24(19)23(15)21-12-17-5-3-4-6-18(17)14-26(21)2/h3-12,14H,1-2H3/q+1. The van der Waals surface area contributed by atoms with Gasteiger partial charge in [-0.1, -0.05) is 30.3 Å². The van der Waals surface area contributed by atoms with Gasteiger partial charge in [0.1, 0.15) is 18.2 Å². The fraction of sp³-hybridized carbons (Fsp3) is 0.0833. The van der Waals surface area contributed by atoms with Crippen LogP contribution in [-0.2, 0) is 7.05 Å². The molecular weight excluding hydrogens is 332 g/mol. The predicted octanol–water partition coefficient (Wildman–Crippen LogP) is 5.41. The van der Waals surface area contributed by atoms with Crippen molar-refractivity contribution in [1.82, 2.24) is 0 Å². The summed E-state index contributed by atoms with van der Waals surface area (Å²) in [5.41, 5.74) is 5.67. The fourth-order valence-corrected chi connectivity index (χ4v) is 3.86. The van der Waals surface area contributed by atoms with Gasteiger partial charge in [0.05, 0.1) is 17.2 Å². The molecule has 0 saturated heterocycles. The molecule has 2 aromatic heterocycles. The van der Waals surface area contributed by atoms with Gasteiger partial charge in [0.15, 0.2) is 6.20 Å². The van der Waals surface area contributed by atoms with E-state index in [2.05, 4.69) is 73.3 Å². The highest BCUT2D eigenvalue weighted by Crippen LogP contribution is 2.37. The van der Waals surface area contributed by atoms with E-state index in [0.717, 1.165) is 38.8 Å². The molecule has 3 nitrogen and oxygen atoms in total. The molecule has 0 bridgehead atoms. The van der Waals surface area contributed by atoms with E-state index in [1.165, 1.54) is 10.8 Å². The highest BCUT2D eigenvalue weighted by atomic mass is 16.3. The van der Waals surface area contributed by atoms with E-state index < -0.39 is 0 Å². The first-order valence-electron chi connectivity index (χ1n) is 8.90. The number of benzene rings is 3. The third-order valence-electron chi connectivity index (χ3n) is 5.23. The lowest BCUT2D eigenvalue weighted by Crippen LogP contribution is -2.30. The number of furan rings is 1. The molecule has 0 spiro atoms. The van der Waals surface area contributed by atoms with Crippen LogP contribution in [0.25, 0.3) is 44.0 Å². The molecule has 0 saturated carbocycles. The van der Waals surface area contributed by atoms with E-state index in [-0.39, 0.29) is 0 Å². The summed E-state index contributed by atoms with van der Waals surface area (Å²) >= 11 is 0. The number of rotatable bonds is 1. The Kier molecular flexibility index (Phi) is 3.29. The van der Waals surface area contributed by atoms with Crippen LogP contribution in [-0.4, -0.2) is 0 Å². The molecular formula is C24H17N2O+. The van der Waals surface area contributed by atoms with Gasteiger partial charge in [-0.15, -0.1) is 0 Å². The summed E-state index contributed by atoms with van der Waals surface area (Å²) in [6.07, 6.45) is 2.15. The summed E-state index contributed by atoms with van der Waals surface area (Å²) in [7, 11) is 2.07. The first-order valence-corrected chi connectivity index (χ1v) is 8.90. The predicted molar refractivity (Wildman–Crippen MR) is 107 cm³/mol. The zero-order valence-corrected chi connectivity index (χ0v) is 15.2. The Morgan fingerprint density at radius 1 is 0.926 bits per heavy atom. The van der Waals surface area contributed by atoms with E-state index in [1.54, 1.807) is 6.07 Å². The molecule has 5 rings (SSSR count). The van der Waals surface area contributed by atoms with E-state index in [1.807, 2.05) is 12.1 Å². The van der Waals surface area contributed by atoms with E-state index in [0.29, 0.717) is 5.56 Å². The molecule has 0 fully saturated rings. The van der Waals surface area contributed by atoms with Crippen molar-refractivity contribution in [3.63, 3.8) is 0 Å². The van der Waals surface area contributed by atoms with Gasteiger partial charge in [0.2, 0.25) is 5.69 Å². The van der Waals surface area contributed by atoms with Gasteiger partial charge < -0.3 is 4.42 Å². The van der Waals surface area contributed by atoms with Crippen LogP contribution in [0.1, 0.15) is 11.1 Å². The Hall–Kier alpha value is -3.64. The molecule has 0 aliphatic heterocycles. The number of aryl methyl sites for hydroxylation is 2. The van der Waals surface area contributed by atoms with Crippen molar-refractivity contribution in [3.05, 3.63) is 78.0 Å². The minimum Gasteiger partial charge on any atom is -0.455 e. The van der Waals surface area contributed by atoms with Crippen molar-refractivity contribution in [1.29, 1.82) is 5.26 Å². The fourth-order valence-electron chi connectivity index (χ4n) is 3.86. The monoisotopic (exact) mass is 349 g/mol. The lowest BCUT2D eigenvalue weighted by Gasteiger charge is -2.07. The molecule has 0 amide bonds. The van der Waals surface area contributed by atoms with Crippen LogP contribution in [0.5, 0.6) is 0 Å². The molecule has 2 heterocycles. The Morgan fingerprint density at radius 2 is 1.74 bits per heavy atom. The Labute approximate surface area is 156 Å². The summed E-state index contributed by atoms with van der Waals surface area (Å²) < 4.78 is 8.41. The van der Waals surface area contributed by atoms with E-state index >= 15 is 0 Å². The largest absolute Gasteiger partial charge is 0.455 e. The van der Waals surface area contributed by atoms with Gasteiger partial charge in [0.25, 0.3) is 0 Å². The molecule has 3 aromatic carbocycles. The topological polar surface area (TPSA) is 40.8 Å². The summed E-state index contributed by atoms with van der Waals surface area (Å²) in [6, 6.07) is 22.6. The molecule has 0 aliphatic carbocycles. The maximum atomic E-state index is 9.24. The minimum absolute atomic E-state index is 0.642. The molecule has 27 heavy (non-hydrogen) atoms. The van der Waals surface area contributed by atoms with Gasteiger partial charge in [-0.2, -0.15) is 5.26 Å². The van der Waals surface area contributed by atoms with Crippen molar-refractivity contribution < 1.29 is 8.98 Å². The highest BCUT2D eigenvalue weighted by molar-refractivity contribution is 6.10. The average Bonchev–Trinajstić information content (AvgIpc) is 3.05. The van der Waals surface area contributed by atoms with Crippen LogP contribution >= 0.6 is 0 Å². The first kappa shape index (κ1) is 15.6. The smallest absolute Gasteiger partial charge is 0.216 e. The second kappa shape index (κ2) is 5.69. The second-order valence-electron chi connectivity index (χ2n) is 6.96. The van der Waals surface area contributed by atoms with Crippen LogP contribution in [0, 0.1) is 18.3 Å². The Morgan fingerprint density at radius 3 is 2.56 bits per heavy atom. The molecule has 128 valence electrons. The van der Waals surface area contributed by atoms with Crippen molar-refractivity contribution in [2.24, 2.45) is 7.05 Å². The van der Waals surface area contributed by atoms with Crippen LogP contribution in [0.2, 0.25) is 0 Å². The maximum absolute atomic E-state index is 9.24. The number of nitrogens with zero attached hydrogens (tertiary/aromatic N) is 2. The third kappa shape index (κ3) is 2.31. The lowest BCUT2D eigenvalue weighted by molar-refractivity contribution is -0.659. The van der Waals surface area contributed by atoms with Gasteiger partial charge in [-0.3, -0.25) is 0 Å². The number of hydrogen-bond acceptors (Lipinski definition) is 2. The number of fused-ring (bicyclic) bond motifs is 4.